The second-order valence-electron chi connectivity index (χ2n) is 1.61. The van der Waals surface area contributed by atoms with E-state index in [-0.39, 0.29) is 0 Å². The van der Waals surface area contributed by atoms with Crippen molar-refractivity contribution < 1.29 is 4.74 Å². The third-order valence-corrected chi connectivity index (χ3v) is 1.38. The van der Waals surface area contributed by atoms with Crippen LogP contribution in [0, 0.1) is 0 Å². The summed E-state index contributed by atoms with van der Waals surface area (Å²) >= 11 is 5.73. The number of halogens is 1. The first kappa shape index (κ1) is 9.31. The summed E-state index contributed by atoms with van der Waals surface area (Å²) in [5, 5.41) is 0.599. The molecule has 0 bridgehead atoms. The summed E-state index contributed by atoms with van der Waals surface area (Å²) in [6, 6.07) is 0. The Kier molecular flexibility index (Phi) is 4.77. The van der Waals surface area contributed by atoms with E-state index >= 15 is 0 Å². The van der Waals surface area contributed by atoms with Gasteiger partial charge in [-0.3, -0.25) is 0 Å². The highest BCUT2D eigenvalue weighted by atomic mass is 35.5. The zero-order chi connectivity index (χ0) is 7.98. The van der Waals surface area contributed by atoms with Crippen LogP contribution in [0.5, 0.6) is 0 Å². The second kappa shape index (κ2) is 5.12. The van der Waals surface area contributed by atoms with Gasteiger partial charge in [0.1, 0.15) is 5.76 Å². The van der Waals surface area contributed by atoms with Crippen LogP contribution in [0.2, 0.25) is 0 Å². The maximum atomic E-state index is 5.73. The molecule has 0 aromatic heterocycles. The lowest BCUT2D eigenvalue weighted by atomic mass is 10.4. The van der Waals surface area contributed by atoms with Crippen molar-refractivity contribution in [2.45, 2.75) is 6.92 Å². The Labute approximate surface area is 66.6 Å². The Balaban J connectivity index is 4.35. The molecule has 0 fully saturated rings. The molecule has 0 aromatic carbocycles. The number of hydrogen-bond acceptors (Lipinski definition) is 1. The van der Waals surface area contributed by atoms with E-state index in [9.17, 15) is 0 Å². The highest BCUT2D eigenvalue weighted by Gasteiger charge is 1.96. The molecule has 0 aliphatic carbocycles. The standard InChI is InChI=1S/C8H11ClO/c1-4-6-8(10-3)7(9)5-2/h4-6H,1H2,2-3H3/b7-5+,8-6+. The molecule has 0 spiro atoms. The molecule has 0 saturated heterocycles. The van der Waals surface area contributed by atoms with Gasteiger partial charge in [0.05, 0.1) is 12.1 Å². The third kappa shape index (κ3) is 2.74. The fourth-order valence-corrected chi connectivity index (χ4v) is 0.635. The first-order valence-electron chi connectivity index (χ1n) is 2.95. The van der Waals surface area contributed by atoms with E-state index in [4.69, 9.17) is 16.3 Å². The Morgan fingerprint density at radius 1 is 1.60 bits per heavy atom. The minimum atomic E-state index is 0.599. The molecule has 1 nitrogen and oxygen atoms in total. The molecular formula is C8H11ClO. The van der Waals surface area contributed by atoms with Crippen LogP contribution in [0.15, 0.2) is 35.6 Å². The molecule has 0 N–H and O–H groups in total. The van der Waals surface area contributed by atoms with Gasteiger partial charge < -0.3 is 4.74 Å². The van der Waals surface area contributed by atoms with Crippen molar-refractivity contribution in [1.82, 2.24) is 0 Å². The van der Waals surface area contributed by atoms with Crippen LogP contribution in [0.25, 0.3) is 0 Å². The number of hydrogen-bond donors (Lipinski definition) is 0. The normalized spacial score (nSPS) is 13.1. The first-order valence-corrected chi connectivity index (χ1v) is 3.33. The van der Waals surface area contributed by atoms with Gasteiger partial charge in [-0.1, -0.05) is 30.3 Å². The lowest BCUT2D eigenvalue weighted by molar-refractivity contribution is 0.305. The van der Waals surface area contributed by atoms with Crippen LogP contribution in [-0.4, -0.2) is 7.11 Å². The summed E-state index contributed by atoms with van der Waals surface area (Å²) in [5.41, 5.74) is 0. The fraction of sp³-hybridized carbons (Fsp3) is 0.250. The number of ether oxygens (including phenoxy) is 1. The lowest BCUT2D eigenvalue weighted by Gasteiger charge is -2.01. The van der Waals surface area contributed by atoms with Gasteiger partial charge in [-0.15, -0.1) is 0 Å². The van der Waals surface area contributed by atoms with E-state index in [2.05, 4.69) is 6.58 Å². The Hall–Kier alpha value is -0.690. The van der Waals surface area contributed by atoms with Crippen molar-refractivity contribution in [3.05, 3.63) is 35.6 Å². The average molecular weight is 159 g/mol. The molecule has 0 saturated carbocycles. The van der Waals surface area contributed by atoms with E-state index in [1.165, 1.54) is 0 Å². The van der Waals surface area contributed by atoms with Gasteiger partial charge in [0.15, 0.2) is 0 Å². The Bertz CT molecular complexity index is 168. The van der Waals surface area contributed by atoms with Crippen molar-refractivity contribution in [2.75, 3.05) is 7.11 Å². The first-order chi connectivity index (χ1) is 4.76. The summed E-state index contributed by atoms with van der Waals surface area (Å²) in [4.78, 5) is 0. The second-order valence-corrected chi connectivity index (χ2v) is 2.01. The molecule has 0 rings (SSSR count). The van der Waals surface area contributed by atoms with Crippen molar-refractivity contribution in [1.29, 1.82) is 0 Å². The predicted molar refractivity (Wildman–Crippen MR) is 44.9 cm³/mol. The summed E-state index contributed by atoms with van der Waals surface area (Å²) in [7, 11) is 1.57. The number of rotatable bonds is 3. The molecule has 0 heterocycles. The molecule has 2 heteroatoms. The molecule has 0 aliphatic heterocycles. The molecular weight excluding hydrogens is 148 g/mol. The third-order valence-electron chi connectivity index (χ3n) is 0.978. The fourth-order valence-electron chi connectivity index (χ4n) is 0.494. The van der Waals surface area contributed by atoms with Crippen molar-refractivity contribution in [3.63, 3.8) is 0 Å². The van der Waals surface area contributed by atoms with Crippen LogP contribution < -0.4 is 0 Å². The van der Waals surface area contributed by atoms with E-state index < -0.39 is 0 Å². The zero-order valence-corrected chi connectivity index (χ0v) is 6.98. The minimum Gasteiger partial charge on any atom is -0.495 e. The predicted octanol–water partition coefficient (Wildman–Crippen LogP) is 2.85. The summed E-state index contributed by atoms with van der Waals surface area (Å²) in [5.74, 6) is 0.638. The van der Waals surface area contributed by atoms with Crippen LogP contribution in [0.4, 0.5) is 0 Å². The van der Waals surface area contributed by atoms with E-state index in [0.717, 1.165) is 0 Å². The Morgan fingerprint density at radius 2 is 2.20 bits per heavy atom. The van der Waals surface area contributed by atoms with Crippen LogP contribution in [0.3, 0.4) is 0 Å². The van der Waals surface area contributed by atoms with E-state index in [0.29, 0.717) is 10.8 Å². The highest BCUT2D eigenvalue weighted by Crippen LogP contribution is 2.14. The van der Waals surface area contributed by atoms with Gasteiger partial charge in [-0.2, -0.15) is 0 Å². The van der Waals surface area contributed by atoms with Crippen molar-refractivity contribution >= 4 is 11.6 Å². The molecule has 56 valence electrons. The quantitative estimate of drug-likeness (QED) is 0.454. The number of allylic oxidation sites excluding steroid dienone is 4. The molecule has 0 amide bonds. The van der Waals surface area contributed by atoms with Crippen molar-refractivity contribution in [2.24, 2.45) is 0 Å². The summed E-state index contributed by atoms with van der Waals surface area (Å²) in [6.07, 6.45) is 5.10. The van der Waals surface area contributed by atoms with Gasteiger partial charge in [0.25, 0.3) is 0 Å². The molecule has 0 aliphatic rings. The highest BCUT2D eigenvalue weighted by molar-refractivity contribution is 6.31. The molecule has 0 atom stereocenters. The van der Waals surface area contributed by atoms with Crippen LogP contribution >= 0.6 is 11.6 Å². The lowest BCUT2D eigenvalue weighted by Crippen LogP contribution is -1.84. The van der Waals surface area contributed by atoms with Crippen molar-refractivity contribution in [3.8, 4) is 0 Å². The van der Waals surface area contributed by atoms with Gasteiger partial charge in [-0.25, -0.2) is 0 Å². The van der Waals surface area contributed by atoms with Gasteiger partial charge in [0, 0.05) is 0 Å². The maximum Gasteiger partial charge on any atom is 0.137 e. The van der Waals surface area contributed by atoms with E-state index in [1.54, 1.807) is 25.3 Å². The average Bonchev–Trinajstić information content (AvgIpc) is 1.99. The SMILES string of the molecule is C=C/C=C(OC)\C(Cl)=C/C. The van der Waals surface area contributed by atoms with Crippen LogP contribution in [-0.2, 0) is 4.74 Å². The molecule has 0 unspecified atom stereocenters. The maximum absolute atomic E-state index is 5.73. The van der Waals surface area contributed by atoms with Gasteiger partial charge in [0.2, 0.25) is 0 Å². The van der Waals surface area contributed by atoms with Gasteiger partial charge >= 0.3 is 0 Å². The topological polar surface area (TPSA) is 9.23 Å². The molecule has 10 heavy (non-hydrogen) atoms. The number of methoxy groups -OCH3 is 1. The minimum absolute atomic E-state index is 0.599. The smallest absolute Gasteiger partial charge is 0.137 e. The molecule has 0 aromatic rings. The summed E-state index contributed by atoms with van der Waals surface area (Å²) in [6.45, 7) is 5.37. The summed E-state index contributed by atoms with van der Waals surface area (Å²) < 4.78 is 4.93. The monoisotopic (exact) mass is 158 g/mol. The zero-order valence-electron chi connectivity index (χ0n) is 6.23. The molecule has 0 radical (unpaired) electrons. The van der Waals surface area contributed by atoms with E-state index in [1.807, 2.05) is 6.92 Å². The Morgan fingerprint density at radius 3 is 2.50 bits per heavy atom. The van der Waals surface area contributed by atoms with Crippen LogP contribution in [0.1, 0.15) is 6.92 Å². The van der Waals surface area contributed by atoms with Gasteiger partial charge in [-0.05, 0) is 13.0 Å². The largest absolute Gasteiger partial charge is 0.495 e.